The van der Waals surface area contributed by atoms with Crippen molar-refractivity contribution in [1.29, 1.82) is 5.26 Å². The number of methoxy groups -OCH3 is 1. The van der Waals surface area contributed by atoms with Crippen LogP contribution < -0.4 is 26.0 Å². The van der Waals surface area contributed by atoms with E-state index in [1.54, 1.807) is 67.6 Å². The molecule has 4 rings (SSSR count). The van der Waals surface area contributed by atoms with Gasteiger partial charge < -0.3 is 31.1 Å². The highest BCUT2D eigenvalue weighted by Gasteiger charge is 2.35. The van der Waals surface area contributed by atoms with Crippen molar-refractivity contribution in [3.63, 3.8) is 0 Å². The van der Waals surface area contributed by atoms with Crippen LogP contribution in [0.3, 0.4) is 0 Å². The van der Waals surface area contributed by atoms with Crippen molar-refractivity contribution < 1.29 is 24.2 Å². The number of benzene rings is 3. The maximum Gasteiger partial charge on any atom is 0.254 e. The van der Waals surface area contributed by atoms with Gasteiger partial charge >= 0.3 is 0 Å². The number of anilines is 3. The number of nitrogens with zero attached hydrogens (tertiary/aromatic N) is 1. The van der Waals surface area contributed by atoms with Gasteiger partial charge in [0.25, 0.3) is 5.91 Å². The number of nitriles is 1. The number of hydrogen-bond donors (Lipinski definition) is 5. The largest absolute Gasteiger partial charge is 0.504 e. The molecule has 0 unspecified atom stereocenters. The van der Waals surface area contributed by atoms with Crippen molar-refractivity contribution >= 4 is 46.5 Å². The molecule has 1 aliphatic rings. The average Bonchev–Trinajstić information content (AvgIpc) is 2.97. The van der Waals surface area contributed by atoms with Crippen LogP contribution in [-0.4, -0.2) is 35.7 Å². The van der Waals surface area contributed by atoms with E-state index in [4.69, 9.17) is 4.74 Å². The molecule has 0 fully saturated rings. The van der Waals surface area contributed by atoms with Crippen molar-refractivity contribution in [1.82, 2.24) is 5.32 Å². The number of ether oxygens (including phenoxy) is 1. The number of rotatable bonds is 9. The van der Waals surface area contributed by atoms with Crippen LogP contribution in [0.1, 0.15) is 25.3 Å². The molecule has 0 saturated carbocycles. The predicted molar refractivity (Wildman–Crippen MR) is 163 cm³/mol. The number of phenolic OH excluding ortho intramolecular Hbond substituents is 1. The first-order valence-corrected chi connectivity index (χ1v) is 13.8. The second-order valence-corrected chi connectivity index (χ2v) is 10.3. The van der Waals surface area contributed by atoms with Gasteiger partial charge in [0.15, 0.2) is 11.5 Å². The van der Waals surface area contributed by atoms with Gasteiger partial charge in [-0.15, -0.1) is 0 Å². The molecule has 0 bridgehead atoms. The molecule has 11 heteroatoms. The number of carbonyl (C=O) groups is 3. The smallest absolute Gasteiger partial charge is 0.254 e. The fourth-order valence-corrected chi connectivity index (χ4v) is 5.32. The first kappa shape index (κ1) is 29.8. The molecular weight excluding hydrogens is 554 g/mol. The minimum absolute atomic E-state index is 0.0224. The van der Waals surface area contributed by atoms with Gasteiger partial charge in [-0.3, -0.25) is 14.4 Å². The number of para-hydroxylation sites is 1. The number of thioether (sulfide) groups is 1. The molecule has 10 nitrogen and oxygen atoms in total. The molecule has 1 atom stereocenters. The standard InChI is InChI=1S/C31H29N5O5S/c1-18-28(30(40)36-21-7-5-4-6-8-21)29(20-9-14-25(38)26(15-20)41-3)24(16-32)31(33-18)42-17-27(39)35-23-12-10-22(11-13-23)34-19(2)37/h4-15,29,33,38H,17H2,1-3H3,(H,34,37)(H,35,39)(H,36,40)/t29-/m0/s1. The third-order valence-electron chi connectivity index (χ3n) is 6.30. The van der Waals surface area contributed by atoms with Crippen LogP contribution >= 0.6 is 11.8 Å². The van der Waals surface area contributed by atoms with E-state index >= 15 is 0 Å². The number of amides is 3. The summed E-state index contributed by atoms with van der Waals surface area (Å²) in [6.07, 6.45) is 0. The summed E-state index contributed by atoms with van der Waals surface area (Å²) in [6.45, 7) is 3.14. The highest BCUT2D eigenvalue weighted by Crippen LogP contribution is 2.43. The molecule has 3 amide bonds. The second-order valence-electron chi connectivity index (χ2n) is 9.30. The van der Waals surface area contributed by atoms with E-state index in [2.05, 4.69) is 27.3 Å². The normalized spacial score (nSPS) is 14.4. The van der Waals surface area contributed by atoms with Crippen LogP contribution in [0.2, 0.25) is 0 Å². The van der Waals surface area contributed by atoms with E-state index in [0.29, 0.717) is 38.9 Å². The molecule has 0 aliphatic carbocycles. The highest BCUT2D eigenvalue weighted by molar-refractivity contribution is 8.03. The zero-order chi connectivity index (χ0) is 30.2. The summed E-state index contributed by atoms with van der Waals surface area (Å²) in [5.74, 6) is -1.62. The lowest BCUT2D eigenvalue weighted by atomic mass is 9.82. The Morgan fingerprint density at radius 3 is 2.24 bits per heavy atom. The number of carbonyl (C=O) groups excluding carboxylic acids is 3. The average molecular weight is 584 g/mol. The Kier molecular flexibility index (Phi) is 9.52. The van der Waals surface area contributed by atoms with Crippen molar-refractivity contribution in [2.75, 3.05) is 28.8 Å². The monoisotopic (exact) mass is 583 g/mol. The molecule has 0 radical (unpaired) electrons. The number of dihydropyridines is 1. The molecule has 0 saturated heterocycles. The lowest BCUT2D eigenvalue weighted by Crippen LogP contribution is -2.31. The highest BCUT2D eigenvalue weighted by atomic mass is 32.2. The molecule has 3 aromatic carbocycles. The Bertz CT molecular complexity index is 1610. The lowest BCUT2D eigenvalue weighted by molar-refractivity contribution is -0.114. The Morgan fingerprint density at radius 2 is 1.62 bits per heavy atom. The molecular formula is C31H29N5O5S. The van der Waals surface area contributed by atoms with E-state index < -0.39 is 11.8 Å². The van der Waals surface area contributed by atoms with Gasteiger partial charge in [0.05, 0.1) is 35.5 Å². The van der Waals surface area contributed by atoms with Gasteiger partial charge in [-0.2, -0.15) is 5.26 Å². The van der Waals surface area contributed by atoms with Crippen LogP contribution in [0, 0.1) is 11.3 Å². The number of aromatic hydroxyl groups is 1. The van der Waals surface area contributed by atoms with Crippen molar-refractivity contribution in [3.8, 4) is 17.6 Å². The molecule has 3 aromatic rings. The number of hydrogen-bond acceptors (Lipinski definition) is 8. The van der Waals surface area contributed by atoms with Crippen molar-refractivity contribution in [3.05, 3.63) is 100 Å². The Hall–Kier alpha value is -5.21. The summed E-state index contributed by atoms with van der Waals surface area (Å²) in [6, 6.07) is 22.6. The van der Waals surface area contributed by atoms with Gasteiger partial charge in [-0.1, -0.05) is 36.0 Å². The molecule has 1 heterocycles. The summed E-state index contributed by atoms with van der Waals surface area (Å²) in [7, 11) is 1.42. The number of allylic oxidation sites excluding steroid dienone is 2. The zero-order valence-corrected chi connectivity index (χ0v) is 24.0. The molecule has 0 aromatic heterocycles. The molecule has 42 heavy (non-hydrogen) atoms. The third-order valence-corrected chi connectivity index (χ3v) is 7.31. The van der Waals surface area contributed by atoms with Gasteiger partial charge in [-0.05, 0) is 61.0 Å². The summed E-state index contributed by atoms with van der Waals surface area (Å²) in [5.41, 5.74) is 3.37. The van der Waals surface area contributed by atoms with Crippen LogP contribution in [0.15, 0.2) is 94.7 Å². The van der Waals surface area contributed by atoms with Crippen LogP contribution in [-0.2, 0) is 14.4 Å². The van der Waals surface area contributed by atoms with Gasteiger partial charge in [0, 0.05) is 35.3 Å². The third kappa shape index (κ3) is 7.10. The van der Waals surface area contributed by atoms with Gasteiger partial charge in [0.1, 0.15) is 0 Å². The fraction of sp³-hybridized carbons (Fsp3) is 0.161. The molecule has 1 aliphatic heterocycles. The van der Waals surface area contributed by atoms with E-state index in [0.717, 1.165) is 11.8 Å². The topological polar surface area (TPSA) is 153 Å². The minimum Gasteiger partial charge on any atom is -0.504 e. The van der Waals surface area contributed by atoms with Crippen LogP contribution in [0.4, 0.5) is 17.1 Å². The molecule has 0 spiro atoms. The second kappa shape index (κ2) is 13.4. The Morgan fingerprint density at radius 1 is 0.976 bits per heavy atom. The van der Waals surface area contributed by atoms with Gasteiger partial charge in [0.2, 0.25) is 11.8 Å². The SMILES string of the molecule is COc1cc([C@H]2C(C#N)=C(SCC(=O)Nc3ccc(NC(C)=O)cc3)NC(C)=C2C(=O)Nc2ccccc2)ccc1O. The van der Waals surface area contributed by atoms with E-state index in [9.17, 15) is 24.8 Å². The Labute approximate surface area is 247 Å². The zero-order valence-electron chi connectivity index (χ0n) is 23.1. The first-order valence-electron chi connectivity index (χ1n) is 12.9. The summed E-state index contributed by atoms with van der Waals surface area (Å²) < 4.78 is 5.29. The number of phenols is 1. The quantitative estimate of drug-likeness (QED) is 0.234. The van der Waals surface area contributed by atoms with E-state index in [1.807, 2.05) is 6.07 Å². The summed E-state index contributed by atoms with van der Waals surface area (Å²) >= 11 is 1.13. The Balaban J connectivity index is 1.61. The van der Waals surface area contributed by atoms with Crippen molar-refractivity contribution in [2.45, 2.75) is 19.8 Å². The number of nitrogens with one attached hydrogen (secondary N) is 4. The van der Waals surface area contributed by atoms with Gasteiger partial charge in [-0.25, -0.2) is 0 Å². The maximum absolute atomic E-state index is 13.6. The minimum atomic E-state index is -0.804. The maximum atomic E-state index is 13.6. The summed E-state index contributed by atoms with van der Waals surface area (Å²) in [5, 5.41) is 32.4. The van der Waals surface area contributed by atoms with Crippen LogP contribution in [0.5, 0.6) is 11.5 Å². The van der Waals surface area contributed by atoms with Crippen molar-refractivity contribution in [2.24, 2.45) is 0 Å². The molecule has 214 valence electrons. The lowest BCUT2D eigenvalue weighted by Gasteiger charge is -2.30. The van der Waals surface area contributed by atoms with E-state index in [1.165, 1.54) is 20.1 Å². The summed E-state index contributed by atoms with van der Waals surface area (Å²) in [4.78, 5) is 37.6. The predicted octanol–water partition coefficient (Wildman–Crippen LogP) is 5.07. The van der Waals surface area contributed by atoms with Crippen LogP contribution in [0.25, 0.3) is 0 Å². The van der Waals surface area contributed by atoms with E-state index in [-0.39, 0.29) is 34.6 Å². The first-order chi connectivity index (χ1) is 20.2. The fourth-order valence-electron chi connectivity index (χ4n) is 4.43. The molecule has 5 N–H and O–H groups in total.